The summed E-state index contributed by atoms with van der Waals surface area (Å²) in [5.74, 6) is 1.60. The fraction of sp³-hybridized carbons (Fsp3) is 0.684. The normalized spacial score (nSPS) is 15.8. The van der Waals surface area contributed by atoms with E-state index in [0.29, 0.717) is 25.4 Å². The van der Waals surface area contributed by atoms with Crippen LogP contribution in [0, 0.1) is 5.92 Å². The second-order valence-corrected chi connectivity index (χ2v) is 7.61. The molecule has 140 valence electrons. The highest BCUT2D eigenvalue weighted by Crippen LogP contribution is 2.25. The molecule has 1 saturated carbocycles. The number of rotatable bonds is 9. The van der Waals surface area contributed by atoms with Crippen LogP contribution >= 0.6 is 11.3 Å². The van der Waals surface area contributed by atoms with Crippen molar-refractivity contribution in [2.75, 3.05) is 26.2 Å². The fourth-order valence-electron chi connectivity index (χ4n) is 3.18. The number of nitrogens with one attached hydrogen (secondary N) is 3. The van der Waals surface area contributed by atoms with Gasteiger partial charge in [0.15, 0.2) is 5.96 Å². The first-order valence-electron chi connectivity index (χ1n) is 9.59. The van der Waals surface area contributed by atoms with Crippen molar-refractivity contribution in [1.29, 1.82) is 0 Å². The van der Waals surface area contributed by atoms with Crippen molar-refractivity contribution in [3.8, 4) is 0 Å². The smallest absolute Gasteiger partial charge is 0.220 e. The second kappa shape index (κ2) is 11.9. The van der Waals surface area contributed by atoms with E-state index in [2.05, 4.69) is 45.4 Å². The lowest BCUT2D eigenvalue weighted by atomic mass is 9.87. The van der Waals surface area contributed by atoms with Crippen molar-refractivity contribution in [3.63, 3.8) is 0 Å². The molecule has 1 heterocycles. The van der Waals surface area contributed by atoms with Gasteiger partial charge in [-0.3, -0.25) is 9.79 Å². The van der Waals surface area contributed by atoms with Gasteiger partial charge in [0.2, 0.25) is 5.91 Å². The maximum absolute atomic E-state index is 12.0. The molecule has 1 fully saturated rings. The summed E-state index contributed by atoms with van der Waals surface area (Å²) in [7, 11) is 0. The topological polar surface area (TPSA) is 65.5 Å². The molecule has 6 heteroatoms. The molecule has 1 aliphatic rings. The second-order valence-electron chi connectivity index (χ2n) is 6.57. The molecule has 5 nitrogen and oxygen atoms in total. The van der Waals surface area contributed by atoms with Gasteiger partial charge in [-0.05, 0) is 37.1 Å². The lowest BCUT2D eigenvalue weighted by molar-refractivity contribution is -0.122. The summed E-state index contributed by atoms with van der Waals surface area (Å²) in [6.07, 6.45) is 7.99. The van der Waals surface area contributed by atoms with Gasteiger partial charge in [0, 0.05) is 43.9 Å². The number of amides is 1. The number of hydrogen-bond donors (Lipinski definition) is 3. The zero-order chi connectivity index (χ0) is 17.7. The Labute approximate surface area is 155 Å². The molecule has 0 aromatic carbocycles. The third-order valence-corrected chi connectivity index (χ3v) is 5.43. The summed E-state index contributed by atoms with van der Waals surface area (Å²) in [5.41, 5.74) is 0. The molecule has 2 rings (SSSR count). The van der Waals surface area contributed by atoms with E-state index in [-0.39, 0.29) is 5.91 Å². The van der Waals surface area contributed by atoms with Gasteiger partial charge in [-0.2, -0.15) is 0 Å². The van der Waals surface area contributed by atoms with Crippen LogP contribution in [0.25, 0.3) is 0 Å². The van der Waals surface area contributed by atoms with Gasteiger partial charge in [-0.25, -0.2) is 0 Å². The number of carbonyl (C=O) groups excluding carboxylic acids is 1. The van der Waals surface area contributed by atoms with Crippen LogP contribution in [-0.4, -0.2) is 38.0 Å². The summed E-state index contributed by atoms with van der Waals surface area (Å²) >= 11 is 1.77. The molecule has 0 atom stereocenters. The Kier molecular flexibility index (Phi) is 9.41. The largest absolute Gasteiger partial charge is 0.357 e. The summed E-state index contributed by atoms with van der Waals surface area (Å²) in [5, 5.41) is 11.7. The molecule has 25 heavy (non-hydrogen) atoms. The van der Waals surface area contributed by atoms with Crippen molar-refractivity contribution in [2.24, 2.45) is 10.9 Å². The average Bonchev–Trinajstić information content (AvgIpc) is 3.13. The van der Waals surface area contributed by atoms with Crippen molar-refractivity contribution in [3.05, 3.63) is 22.4 Å². The van der Waals surface area contributed by atoms with Crippen molar-refractivity contribution in [1.82, 2.24) is 16.0 Å². The highest BCUT2D eigenvalue weighted by molar-refractivity contribution is 7.09. The standard InChI is InChI=1S/C19H32N4OS/c1-2-20-19(22-11-10-17-9-6-14-25-17)23-13-12-21-18(24)15-16-7-4-3-5-8-16/h6,9,14,16H,2-5,7-8,10-13,15H2,1H3,(H,21,24)(H2,20,22,23). The van der Waals surface area contributed by atoms with E-state index < -0.39 is 0 Å². The molecule has 1 amide bonds. The third-order valence-electron chi connectivity index (χ3n) is 4.49. The Bertz CT molecular complexity index is 510. The van der Waals surface area contributed by atoms with Crippen LogP contribution in [0.1, 0.15) is 50.3 Å². The van der Waals surface area contributed by atoms with Gasteiger partial charge < -0.3 is 16.0 Å². The zero-order valence-corrected chi connectivity index (χ0v) is 16.2. The summed E-state index contributed by atoms with van der Waals surface area (Å²) in [6, 6.07) is 4.21. The number of guanidine groups is 1. The fourth-order valence-corrected chi connectivity index (χ4v) is 3.88. The number of aliphatic imine (C=N–C) groups is 1. The van der Waals surface area contributed by atoms with Crippen molar-refractivity contribution >= 4 is 23.2 Å². The average molecular weight is 365 g/mol. The SMILES string of the molecule is CCNC(=NCCc1cccs1)NCCNC(=O)CC1CCCCC1. The molecule has 0 aliphatic heterocycles. The van der Waals surface area contributed by atoms with Gasteiger partial charge in [0.1, 0.15) is 0 Å². The summed E-state index contributed by atoms with van der Waals surface area (Å²) < 4.78 is 0. The van der Waals surface area contributed by atoms with Crippen LogP contribution in [0.4, 0.5) is 0 Å². The number of hydrogen-bond acceptors (Lipinski definition) is 3. The van der Waals surface area contributed by atoms with Crippen LogP contribution in [0.15, 0.2) is 22.5 Å². The molecule has 0 bridgehead atoms. The molecule has 1 aromatic heterocycles. The lowest BCUT2D eigenvalue weighted by Crippen LogP contribution is -2.41. The van der Waals surface area contributed by atoms with Crippen LogP contribution < -0.4 is 16.0 Å². The van der Waals surface area contributed by atoms with E-state index in [1.54, 1.807) is 11.3 Å². The van der Waals surface area contributed by atoms with Gasteiger partial charge in [-0.15, -0.1) is 11.3 Å². The van der Waals surface area contributed by atoms with E-state index >= 15 is 0 Å². The number of nitrogens with zero attached hydrogens (tertiary/aromatic N) is 1. The monoisotopic (exact) mass is 364 g/mol. The van der Waals surface area contributed by atoms with E-state index in [1.807, 2.05) is 0 Å². The minimum Gasteiger partial charge on any atom is -0.357 e. The quantitative estimate of drug-likeness (QED) is 0.359. The van der Waals surface area contributed by atoms with Gasteiger partial charge >= 0.3 is 0 Å². The molecule has 0 saturated heterocycles. The van der Waals surface area contributed by atoms with Crippen LogP contribution in [0.3, 0.4) is 0 Å². The molecular formula is C19H32N4OS. The van der Waals surface area contributed by atoms with Crippen LogP contribution in [0.5, 0.6) is 0 Å². The number of carbonyl (C=O) groups is 1. The Morgan fingerprint density at radius 1 is 1.20 bits per heavy atom. The molecule has 0 spiro atoms. The highest BCUT2D eigenvalue weighted by atomic mass is 32.1. The van der Waals surface area contributed by atoms with Gasteiger partial charge in [0.05, 0.1) is 0 Å². The van der Waals surface area contributed by atoms with E-state index in [0.717, 1.165) is 25.5 Å². The molecule has 1 aliphatic carbocycles. The van der Waals surface area contributed by atoms with Crippen molar-refractivity contribution < 1.29 is 4.79 Å². The molecule has 3 N–H and O–H groups in total. The predicted octanol–water partition coefficient (Wildman–Crippen LogP) is 2.93. The first-order valence-corrected chi connectivity index (χ1v) is 10.5. The minimum absolute atomic E-state index is 0.188. The Hall–Kier alpha value is -1.56. The molecule has 0 radical (unpaired) electrons. The first-order chi connectivity index (χ1) is 12.3. The zero-order valence-electron chi connectivity index (χ0n) is 15.4. The maximum atomic E-state index is 12.0. The molecular weight excluding hydrogens is 332 g/mol. The molecule has 0 unspecified atom stereocenters. The van der Waals surface area contributed by atoms with Gasteiger partial charge in [-0.1, -0.05) is 25.3 Å². The minimum atomic E-state index is 0.188. The van der Waals surface area contributed by atoms with Crippen LogP contribution in [0.2, 0.25) is 0 Å². The predicted molar refractivity (Wildman–Crippen MR) is 106 cm³/mol. The van der Waals surface area contributed by atoms with Gasteiger partial charge in [0.25, 0.3) is 0 Å². The van der Waals surface area contributed by atoms with E-state index in [1.165, 1.54) is 37.0 Å². The Morgan fingerprint density at radius 3 is 2.72 bits per heavy atom. The Morgan fingerprint density at radius 2 is 2.00 bits per heavy atom. The highest BCUT2D eigenvalue weighted by Gasteiger charge is 2.16. The van der Waals surface area contributed by atoms with E-state index in [9.17, 15) is 4.79 Å². The lowest BCUT2D eigenvalue weighted by Gasteiger charge is -2.20. The summed E-state index contributed by atoms with van der Waals surface area (Å²) in [6.45, 7) is 4.99. The maximum Gasteiger partial charge on any atom is 0.220 e. The van der Waals surface area contributed by atoms with Crippen LogP contribution in [-0.2, 0) is 11.2 Å². The van der Waals surface area contributed by atoms with E-state index in [4.69, 9.17) is 0 Å². The molecule has 1 aromatic rings. The Balaban J connectivity index is 1.60. The number of thiophene rings is 1. The third kappa shape index (κ3) is 8.38. The summed E-state index contributed by atoms with van der Waals surface area (Å²) in [4.78, 5) is 17.9. The first kappa shape index (κ1) is 19.8. The van der Waals surface area contributed by atoms with Crippen molar-refractivity contribution in [2.45, 2.75) is 51.9 Å².